The van der Waals surface area contributed by atoms with Crippen LogP contribution in [-0.4, -0.2) is 0 Å². The summed E-state index contributed by atoms with van der Waals surface area (Å²) < 4.78 is 0. The van der Waals surface area contributed by atoms with E-state index in [9.17, 15) is 0 Å². The zero-order chi connectivity index (χ0) is 13.5. The van der Waals surface area contributed by atoms with Crippen molar-refractivity contribution in [1.82, 2.24) is 0 Å². The number of rotatable bonds is 2. The normalized spacial score (nSPS) is 6.82. The van der Waals surface area contributed by atoms with Crippen molar-refractivity contribution >= 4 is 6.08 Å². The summed E-state index contributed by atoms with van der Waals surface area (Å²) >= 11 is 0. The third kappa shape index (κ3) is 11.6. The fourth-order valence-corrected chi connectivity index (χ4v) is 0.816. The molecule has 17 heavy (non-hydrogen) atoms. The average molecular weight is 225 g/mol. The van der Waals surface area contributed by atoms with Crippen molar-refractivity contribution < 1.29 is 0 Å². The molecular weight excluding hydrogens is 206 g/mol. The van der Waals surface area contributed by atoms with Crippen LogP contribution in [0.3, 0.4) is 0 Å². The molecule has 0 unspecified atom stereocenters. The minimum absolute atomic E-state index is 1.18. The van der Waals surface area contributed by atoms with E-state index in [1.54, 1.807) is 18.2 Å². The Morgan fingerprint density at radius 3 is 1.76 bits per heavy atom. The fraction of sp³-hybridized carbons (Fsp3) is 0.0625. The minimum Gasteiger partial charge on any atom is -0.193 e. The van der Waals surface area contributed by atoms with E-state index in [0.717, 1.165) is 0 Å². The van der Waals surface area contributed by atoms with E-state index < -0.39 is 0 Å². The highest BCUT2D eigenvalue weighted by Crippen LogP contribution is 2.06. The Morgan fingerprint density at radius 2 is 1.53 bits per heavy atom. The summed E-state index contributed by atoms with van der Waals surface area (Å²) in [6, 6.07) is 9.88. The molecule has 0 aliphatic heterocycles. The second-order valence-electron chi connectivity index (χ2n) is 2.87. The van der Waals surface area contributed by atoms with Crippen LogP contribution >= 0.6 is 0 Å². The number of aryl methyl sites for hydroxylation is 1. The molecule has 0 aliphatic carbocycles. The van der Waals surface area contributed by atoms with Crippen molar-refractivity contribution in [3.63, 3.8) is 0 Å². The SMILES string of the molecule is C=CC#N.C=CC=C.C=Cc1ccccc1C. The molecular formula is C16H19N. The molecule has 0 saturated heterocycles. The van der Waals surface area contributed by atoms with Crippen molar-refractivity contribution in [2.24, 2.45) is 0 Å². The topological polar surface area (TPSA) is 23.8 Å². The maximum atomic E-state index is 7.51. The third-order valence-electron chi connectivity index (χ3n) is 1.67. The van der Waals surface area contributed by atoms with Crippen LogP contribution in [0, 0.1) is 18.3 Å². The van der Waals surface area contributed by atoms with Crippen LogP contribution in [0.15, 0.2) is 68.8 Å². The number of hydrogen-bond donors (Lipinski definition) is 0. The van der Waals surface area contributed by atoms with E-state index in [2.05, 4.69) is 45.4 Å². The van der Waals surface area contributed by atoms with Gasteiger partial charge in [-0.3, -0.25) is 0 Å². The lowest BCUT2D eigenvalue weighted by Gasteiger charge is -1.95. The smallest absolute Gasteiger partial charge is 0.0905 e. The Balaban J connectivity index is 0. The predicted molar refractivity (Wildman–Crippen MR) is 77.5 cm³/mol. The summed E-state index contributed by atoms with van der Waals surface area (Å²) in [5.74, 6) is 0. The maximum absolute atomic E-state index is 7.51. The molecule has 0 aliphatic rings. The van der Waals surface area contributed by atoms with Gasteiger partial charge in [-0.1, -0.05) is 68.8 Å². The molecule has 1 aromatic carbocycles. The molecule has 0 N–H and O–H groups in total. The van der Waals surface area contributed by atoms with E-state index >= 15 is 0 Å². The van der Waals surface area contributed by atoms with Gasteiger partial charge in [0.2, 0.25) is 0 Å². The van der Waals surface area contributed by atoms with Crippen LogP contribution in [0.1, 0.15) is 11.1 Å². The van der Waals surface area contributed by atoms with Gasteiger partial charge in [0.1, 0.15) is 0 Å². The maximum Gasteiger partial charge on any atom is 0.0905 e. The average Bonchev–Trinajstić information content (AvgIpc) is 2.40. The molecule has 1 aromatic rings. The van der Waals surface area contributed by atoms with Crippen molar-refractivity contribution in [1.29, 1.82) is 5.26 Å². The standard InChI is InChI=1S/C9H10.C4H6.C3H3N/c1-3-9-7-5-4-6-8(9)2;1-3-4-2;1-2-3-4/h3-7H,1H2,2H3;3-4H,1-2H2;2H,1H2. The van der Waals surface area contributed by atoms with E-state index in [0.29, 0.717) is 0 Å². The van der Waals surface area contributed by atoms with Gasteiger partial charge in [-0.25, -0.2) is 0 Å². The Hall–Kier alpha value is -2.33. The highest BCUT2D eigenvalue weighted by atomic mass is 14.2. The predicted octanol–water partition coefficient (Wildman–Crippen LogP) is 4.69. The minimum atomic E-state index is 1.18. The van der Waals surface area contributed by atoms with Gasteiger partial charge in [0.25, 0.3) is 0 Å². The first-order chi connectivity index (χ1) is 8.17. The van der Waals surface area contributed by atoms with Gasteiger partial charge in [0.15, 0.2) is 0 Å². The molecule has 1 heteroatoms. The van der Waals surface area contributed by atoms with Crippen LogP contribution in [0.25, 0.3) is 6.08 Å². The molecule has 0 aromatic heterocycles. The van der Waals surface area contributed by atoms with Gasteiger partial charge < -0.3 is 0 Å². The van der Waals surface area contributed by atoms with Crippen LogP contribution in [0.2, 0.25) is 0 Å². The number of hydrogen-bond acceptors (Lipinski definition) is 1. The summed E-state index contributed by atoms with van der Waals surface area (Å²) in [5, 5.41) is 7.51. The lowest BCUT2D eigenvalue weighted by molar-refractivity contribution is 1.45. The number of nitriles is 1. The van der Waals surface area contributed by atoms with Crippen molar-refractivity contribution in [3.05, 3.63) is 79.9 Å². The second kappa shape index (κ2) is 13.7. The molecule has 88 valence electrons. The Kier molecular flexibility index (Phi) is 13.7. The largest absolute Gasteiger partial charge is 0.193 e. The second-order valence-corrected chi connectivity index (χ2v) is 2.87. The molecule has 0 bridgehead atoms. The Bertz CT molecular complexity index is 388. The quantitative estimate of drug-likeness (QED) is 0.529. The van der Waals surface area contributed by atoms with Gasteiger partial charge in [-0.05, 0) is 18.1 Å². The Labute approximate surface area is 105 Å². The molecule has 0 fully saturated rings. The van der Waals surface area contributed by atoms with Crippen LogP contribution in [0.5, 0.6) is 0 Å². The van der Waals surface area contributed by atoms with Crippen LogP contribution < -0.4 is 0 Å². The zero-order valence-electron chi connectivity index (χ0n) is 10.4. The fourth-order valence-electron chi connectivity index (χ4n) is 0.816. The van der Waals surface area contributed by atoms with Gasteiger partial charge in [-0.2, -0.15) is 5.26 Å². The molecule has 0 radical (unpaired) electrons. The summed E-state index contributed by atoms with van der Waals surface area (Å²) in [6.07, 6.45) is 6.33. The van der Waals surface area contributed by atoms with Crippen molar-refractivity contribution in [2.75, 3.05) is 0 Å². The van der Waals surface area contributed by atoms with Crippen LogP contribution in [-0.2, 0) is 0 Å². The van der Waals surface area contributed by atoms with E-state index in [1.165, 1.54) is 17.2 Å². The third-order valence-corrected chi connectivity index (χ3v) is 1.67. The van der Waals surface area contributed by atoms with E-state index in [-0.39, 0.29) is 0 Å². The molecule has 0 amide bonds. The molecule has 1 rings (SSSR count). The summed E-state index contributed by atoms with van der Waals surface area (Å²) in [7, 11) is 0. The van der Waals surface area contributed by atoms with Gasteiger partial charge in [-0.15, -0.1) is 0 Å². The number of allylic oxidation sites excluding steroid dienone is 3. The summed E-state index contributed by atoms with van der Waals surface area (Å²) in [5.41, 5.74) is 2.50. The van der Waals surface area contributed by atoms with E-state index in [1.807, 2.05) is 18.2 Å². The zero-order valence-corrected chi connectivity index (χ0v) is 10.4. The highest BCUT2D eigenvalue weighted by molar-refractivity contribution is 5.50. The molecule has 0 spiro atoms. The molecule has 0 atom stereocenters. The van der Waals surface area contributed by atoms with E-state index in [4.69, 9.17) is 5.26 Å². The highest BCUT2D eigenvalue weighted by Gasteiger charge is 1.86. The summed E-state index contributed by atoms with van der Waals surface area (Å²) in [6.45, 7) is 15.6. The number of benzene rings is 1. The lowest BCUT2D eigenvalue weighted by Crippen LogP contribution is -1.75. The Morgan fingerprint density at radius 1 is 1.06 bits per heavy atom. The molecule has 0 saturated carbocycles. The monoisotopic (exact) mass is 225 g/mol. The molecule has 0 heterocycles. The molecule has 1 nitrogen and oxygen atoms in total. The summed E-state index contributed by atoms with van der Waals surface area (Å²) in [4.78, 5) is 0. The van der Waals surface area contributed by atoms with Gasteiger partial charge >= 0.3 is 0 Å². The van der Waals surface area contributed by atoms with Crippen molar-refractivity contribution in [2.45, 2.75) is 6.92 Å². The van der Waals surface area contributed by atoms with Crippen LogP contribution in [0.4, 0.5) is 0 Å². The first-order valence-electron chi connectivity index (χ1n) is 5.09. The lowest BCUT2D eigenvalue weighted by atomic mass is 10.1. The van der Waals surface area contributed by atoms with Gasteiger partial charge in [0.05, 0.1) is 6.07 Å². The first-order valence-corrected chi connectivity index (χ1v) is 5.09. The van der Waals surface area contributed by atoms with Gasteiger partial charge in [0, 0.05) is 6.08 Å². The van der Waals surface area contributed by atoms with Crippen molar-refractivity contribution in [3.8, 4) is 6.07 Å². The first kappa shape index (κ1) is 17.1. The number of nitrogens with zero attached hydrogens (tertiary/aromatic N) is 1.